The SMILES string of the molecule is CCC1CCCC(NC(=O)N2CCC(C(=O)O)C2C)C1. The molecule has 0 aromatic rings. The zero-order valence-corrected chi connectivity index (χ0v) is 12.5. The van der Waals surface area contributed by atoms with E-state index in [1.165, 1.54) is 19.3 Å². The van der Waals surface area contributed by atoms with Crippen LogP contribution in [0.4, 0.5) is 4.79 Å². The molecule has 1 saturated carbocycles. The number of amides is 2. The zero-order chi connectivity index (χ0) is 14.7. The van der Waals surface area contributed by atoms with Gasteiger partial charge in [0.05, 0.1) is 5.92 Å². The second-order valence-corrected chi connectivity index (χ2v) is 6.25. The summed E-state index contributed by atoms with van der Waals surface area (Å²) < 4.78 is 0. The van der Waals surface area contributed by atoms with E-state index in [0.29, 0.717) is 13.0 Å². The maximum absolute atomic E-state index is 12.3. The van der Waals surface area contributed by atoms with Crippen molar-refractivity contribution in [2.24, 2.45) is 11.8 Å². The van der Waals surface area contributed by atoms with Crippen LogP contribution in [-0.4, -0.2) is 40.6 Å². The van der Waals surface area contributed by atoms with Crippen molar-refractivity contribution in [1.29, 1.82) is 0 Å². The second kappa shape index (κ2) is 6.46. The van der Waals surface area contributed by atoms with Crippen LogP contribution in [-0.2, 0) is 4.79 Å². The summed E-state index contributed by atoms with van der Waals surface area (Å²) in [6, 6.07) is -0.0293. The number of likely N-dealkylation sites (tertiary alicyclic amines) is 1. The van der Waals surface area contributed by atoms with Crippen molar-refractivity contribution < 1.29 is 14.7 Å². The van der Waals surface area contributed by atoms with E-state index >= 15 is 0 Å². The molecule has 4 atom stereocenters. The number of hydrogen-bond acceptors (Lipinski definition) is 2. The Kier molecular flexibility index (Phi) is 4.89. The van der Waals surface area contributed by atoms with E-state index in [0.717, 1.165) is 18.8 Å². The Labute approximate surface area is 120 Å². The number of nitrogens with one attached hydrogen (secondary N) is 1. The van der Waals surface area contributed by atoms with Crippen molar-refractivity contribution in [3.8, 4) is 0 Å². The standard InChI is InChI=1S/C15H26N2O3/c1-3-11-5-4-6-12(9-11)16-15(20)17-8-7-13(10(17)2)14(18)19/h10-13H,3-9H2,1-2H3,(H,16,20)(H,18,19). The number of aliphatic carboxylic acids is 1. The molecule has 1 saturated heterocycles. The Morgan fingerprint density at radius 2 is 2.05 bits per heavy atom. The fourth-order valence-corrected chi connectivity index (χ4v) is 3.61. The molecule has 2 N–H and O–H groups in total. The van der Waals surface area contributed by atoms with E-state index < -0.39 is 11.9 Å². The van der Waals surface area contributed by atoms with Crippen LogP contribution in [0.15, 0.2) is 0 Å². The van der Waals surface area contributed by atoms with Gasteiger partial charge in [-0.2, -0.15) is 0 Å². The number of urea groups is 1. The third-order valence-corrected chi connectivity index (χ3v) is 5.02. The van der Waals surface area contributed by atoms with Gasteiger partial charge in [0.25, 0.3) is 0 Å². The topological polar surface area (TPSA) is 69.6 Å². The smallest absolute Gasteiger partial charge is 0.317 e. The monoisotopic (exact) mass is 282 g/mol. The Morgan fingerprint density at radius 1 is 1.30 bits per heavy atom. The molecule has 0 bridgehead atoms. The fourth-order valence-electron chi connectivity index (χ4n) is 3.61. The van der Waals surface area contributed by atoms with Crippen LogP contribution in [0.3, 0.4) is 0 Å². The summed E-state index contributed by atoms with van der Waals surface area (Å²) in [6.45, 7) is 4.59. The normalized spacial score (nSPS) is 34.0. The summed E-state index contributed by atoms with van der Waals surface area (Å²) in [7, 11) is 0. The summed E-state index contributed by atoms with van der Waals surface area (Å²) >= 11 is 0. The van der Waals surface area contributed by atoms with E-state index in [-0.39, 0.29) is 18.1 Å². The first-order valence-corrected chi connectivity index (χ1v) is 7.82. The van der Waals surface area contributed by atoms with Crippen molar-refractivity contribution in [1.82, 2.24) is 10.2 Å². The summed E-state index contributed by atoms with van der Waals surface area (Å²) in [6.07, 6.45) is 6.29. The Hall–Kier alpha value is -1.26. The van der Waals surface area contributed by atoms with Gasteiger partial charge in [0.2, 0.25) is 0 Å². The first-order chi connectivity index (χ1) is 9.52. The van der Waals surface area contributed by atoms with E-state index in [9.17, 15) is 9.59 Å². The largest absolute Gasteiger partial charge is 0.481 e. The summed E-state index contributed by atoms with van der Waals surface area (Å²) in [5.74, 6) is -0.496. The number of carboxylic acid groups (broad SMARTS) is 1. The maximum Gasteiger partial charge on any atom is 0.317 e. The molecule has 2 rings (SSSR count). The lowest BCUT2D eigenvalue weighted by atomic mass is 9.84. The molecule has 1 heterocycles. The summed E-state index contributed by atoms with van der Waals surface area (Å²) in [5, 5.41) is 12.2. The first kappa shape index (κ1) is 15.1. The highest BCUT2D eigenvalue weighted by Gasteiger charge is 2.38. The van der Waals surface area contributed by atoms with Crippen molar-refractivity contribution in [3.63, 3.8) is 0 Å². The van der Waals surface area contributed by atoms with Crippen molar-refractivity contribution in [3.05, 3.63) is 0 Å². The van der Waals surface area contributed by atoms with Gasteiger partial charge in [0, 0.05) is 18.6 Å². The van der Waals surface area contributed by atoms with Crippen molar-refractivity contribution in [2.45, 2.75) is 64.5 Å². The molecule has 2 amide bonds. The van der Waals surface area contributed by atoms with Crippen LogP contribution in [0, 0.1) is 11.8 Å². The van der Waals surface area contributed by atoms with Crippen LogP contribution >= 0.6 is 0 Å². The molecule has 0 aromatic carbocycles. The number of carbonyl (C=O) groups excluding carboxylic acids is 1. The van der Waals surface area contributed by atoms with E-state index in [1.54, 1.807) is 4.90 Å². The van der Waals surface area contributed by atoms with Gasteiger partial charge in [0.1, 0.15) is 0 Å². The highest BCUT2D eigenvalue weighted by molar-refractivity contribution is 5.78. The van der Waals surface area contributed by atoms with Gasteiger partial charge in [-0.15, -0.1) is 0 Å². The fraction of sp³-hybridized carbons (Fsp3) is 0.867. The molecule has 5 nitrogen and oxygen atoms in total. The van der Waals surface area contributed by atoms with Gasteiger partial charge in [-0.3, -0.25) is 4.79 Å². The van der Waals surface area contributed by atoms with Gasteiger partial charge in [-0.1, -0.05) is 26.2 Å². The van der Waals surface area contributed by atoms with Crippen LogP contribution in [0.5, 0.6) is 0 Å². The average Bonchev–Trinajstić information content (AvgIpc) is 2.81. The lowest BCUT2D eigenvalue weighted by Gasteiger charge is -2.32. The molecule has 5 heteroatoms. The maximum atomic E-state index is 12.3. The molecule has 1 aliphatic heterocycles. The number of carbonyl (C=O) groups is 2. The van der Waals surface area contributed by atoms with E-state index in [2.05, 4.69) is 12.2 Å². The third kappa shape index (κ3) is 3.25. The zero-order valence-electron chi connectivity index (χ0n) is 12.5. The Balaban J connectivity index is 1.87. The van der Waals surface area contributed by atoms with Crippen LogP contribution in [0.1, 0.15) is 52.4 Å². The van der Waals surface area contributed by atoms with Gasteiger partial charge < -0.3 is 15.3 Å². The molecule has 1 aliphatic carbocycles. The first-order valence-electron chi connectivity index (χ1n) is 7.82. The van der Waals surface area contributed by atoms with Crippen molar-refractivity contribution >= 4 is 12.0 Å². The molecule has 0 spiro atoms. The number of nitrogens with zero attached hydrogens (tertiary/aromatic N) is 1. The average molecular weight is 282 g/mol. The molecule has 114 valence electrons. The molecular weight excluding hydrogens is 256 g/mol. The van der Waals surface area contributed by atoms with Crippen LogP contribution in [0.2, 0.25) is 0 Å². The van der Waals surface area contributed by atoms with E-state index in [4.69, 9.17) is 5.11 Å². The molecule has 2 fully saturated rings. The lowest BCUT2D eigenvalue weighted by Crippen LogP contribution is -2.48. The summed E-state index contributed by atoms with van der Waals surface area (Å²) in [5.41, 5.74) is 0. The Bertz CT molecular complexity index is 372. The van der Waals surface area contributed by atoms with Gasteiger partial charge in [-0.05, 0) is 32.1 Å². The van der Waals surface area contributed by atoms with Gasteiger partial charge in [0.15, 0.2) is 0 Å². The predicted molar refractivity (Wildman–Crippen MR) is 76.5 cm³/mol. The molecule has 0 aromatic heterocycles. The highest BCUT2D eigenvalue weighted by atomic mass is 16.4. The minimum absolute atomic E-state index is 0.0806. The number of carboxylic acids is 1. The lowest BCUT2D eigenvalue weighted by molar-refractivity contribution is -0.142. The molecule has 4 unspecified atom stereocenters. The van der Waals surface area contributed by atoms with Crippen LogP contribution < -0.4 is 5.32 Å². The van der Waals surface area contributed by atoms with E-state index in [1.807, 2.05) is 6.92 Å². The molecule has 20 heavy (non-hydrogen) atoms. The molecule has 0 radical (unpaired) electrons. The molecule has 2 aliphatic rings. The third-order valence-electron chi connectivity index (χ3n) is 5.02. The van der Waals surface area contributed by atoms with Gasteiger partial charge in [-0.25, -0.2) is 4.79 Å². The summed E-state index contributed by atoms with van der Waals surface area (Å²) in [4.78, 5) is 25.1. The minimum Gasteiger partial charge on any atom is -0.481 e. The van der Waals surface area contributed by atoms with Crippen molar-refractivity contribution in [2.75, 3.05) is 6.54 Å². The second-order valence-electron chi connectivity index (χ2n) is 6.25. The highest BCUT2D eigenvalue weighted by Crippen LogP contribution is 2.28. The van der Waals surface area contributed by atoms with Gasteiger partial charge >= 0.3 is 12.0 Å². The van der Waals surface area contributed by atoms with Crippen LogP contribution in [0.25, 0.3) is 0 Å². The number of rotatable bonds is 3. The molecular formula is C15H26N2O3. The quantitative estimate of drug-likeness (QED) is 0.835. The number of hydrogen-bond donors (Lipinski definition) is 2. The Morgan fingerprint density at radius 3 is 2.65 bits per heavy atom. The minimum atomic E-state index is -0.795. The predicted octanol–water partition coefficient (Wildman–Crippen LogP) is 2.46.